The molecule has 1 fully saturated rings. The summed E-state index contributed by atoms with van der Waals surface area (Å²) in [5, 5.41) is 10.6. The van der Waals surface area contributed by atoms with E-state index in [1.807, 2.05) is 0 Å². The van der Waals surface area contributed by atoms with Crippen LogP contribution in [0.3, 0.4) is 0 Å². The second-order valence-electron chi connectivity index (χ2n) is 6.29. The molecule has 1 aliphatic carbocycles. The molecule has 1 N–H and O–H groups in total. The average molecular weight is 200 g/mol. The Bertz CT molecular complexity index is 193. The van der Waals surface area contributed by atoms with E-state index in [9.17, 15) is 5.11 Å². The number of aliphatic hydroxyl groups is 1. The first kappa shape index (κ1) is 11.3. The van der Waals surface area contributed by atoms with Crippen LogP contribution in [-0.4, -0.2) is 18.9 Å². The molecule has 0 aliphatic heterocycles. The molecule has 2 heteroatoms. The third kappa shape index (κ3) is 1.99. The Hall–Kier alpha value is 0.177. The summed E-state index contributed by atoms with van der Waals surface area (Å²) in [5.41, 5.74) is 0.00231. The number of rotatable bonds is 2. The fourth-order valence-corrected chi connectivity index (χ4v) is 4.19. The highest BCUT2D eigenvalue weighted by atomic mass is 28.3. The first-order valence-corrected chi connectivity index (χ1v) is 8.43. The molecule has 0 aromatic rings. The van der Waals surface area contributed by atoms with Gasteiger partial charge in [0, 0.05) is 5.73 Å². The molecule has 0 amide bonds. The van der Waals surface area contributed by atoms with Gasteiger partial charge in [-0.15, -0.1) is 0 Å². The summed E-state index contributed by atoms with van der Waals surface area (Å²) < 4.78 is 0. The van der Waals surface area contributed by atoms with E-state index < -0.39 is 8.07 Å². The van der Waals surface area contributed by atoms with Crippen LogP contribution in [0.4, 0.5) is 0 Å². The molecule has 0 radical (unpaired) electrons. The van der Waals surface area contributed by atoms with Crippen molar-refractivity contribution in [2.75, 3.05) is 0 Å². The minimum absolute atomic E-state index is 0.00231. The number of hydrogen-bond donors (Lipinski definition) is 1. The minimum Gasteiger partial charge on any atom is -0.396 e. The molecule has 0 aromatic heterocycles. The zero-order valence-electron chi connectivity index (χ0n) is 9.89. The van der Waals surface area contributed by atoms with Gasteiger partial charge < -0.3 is 5.11 Å². The molecule has 0 unspecified atom stereocenters. The van der Waals surface area contributed by atoms with E-state index in [-0.39, 0.29) is 5.73 Å². The average Bonchev–Trinajstić information content (AvgIpc) is 2.62. The largest absolute Gasteiger partial charge is 0.396 e. The second-order valence-corrected chi connectivity index (χ2v) is 11.8. The number of aliphatic hydroxyl groups excluding tert-OH is 1. The van der Waals surface area contributed by atoms with Crippen LogP contribution < -0.4 is 0 Å². The van der Waals surface area contributed by atoms with Gasteiger partial charge in [-0.2, -0.15) is 0 Å². The lowest BCUT2D eigenvalue weighted by atomic mass is 10.2. The van der Waals surface area contributed by atoms with Crippen LogP contribution in [0.5, 0.6) is 0 Å². The predicted molar refractivity (Wildman–Crippen MR) is 60.5 cm³/mol. The van der Waals surface area contributed by atoms with Crippen molar-refractivity contribution in [1.82, 2.24) is 0 Å². The lowest BCUT2D eigenvalue weighted by Crippen LogP contribution is -2.50. The maximum atomic E-state index is 10.3. The molecule has 1 saturated carbocycles. The van der Waals surface area contributed by atoms with Crippen LogP contribution in [0, 0.1) is 11.8 Å². The van der Waals surface area contributed by atoms with Crippen molar-refractivity contribution in [3.05, 3.63) is 0 Å². The van der Waals surface area contributed by atoms with E-state index in [1.165, 1.54) is 6.42 Å². The summed E-state index contributed by atoms with van der Waals surface area (Å²) in [5.74, 6) is 1.38. The standard InChI is InChI=1S/C11H24OSi/c1-8-7-9(8)10(12)13(5,6)11(2,3)4/h8-10,12H,7H2,1-6H3/t8-,9+,10+/m0/s1. The van der Waals surface area contributed by atoms with E-state index in [2.05, 4.69) is 40.8 Å². The van der Waals surface area contributed by atoms with Gasteiger partial charge in [-0.3, -0.25) is 0 Å². The van der Waals surface area contributed by atoms with Crippen molar-refractivity contribution in [1.29, 1.82) is 0 Å². The van der Waals surface area contributed by atoms with E-state index in [0.717, 1.165) is 5.92 Å². The Balaban J connectivity index is 2.69. The van der Waals surface area contributed by atoms with Crippen LogP contribution in [0.25, 0.3) is 0 Å². The Morgan fingerprint density at radius 3 is 1.92 bits per heavy atom. The molecule has 0 heterocycles. The first-order chi connectivity index (χ1) is 5.68. The third-order valence-electron chi connectivity index (χ3n) is 4.25. The lowest BCUT2D eigenvalue weighted by molar-refractivity contribution is 0.208. The van der Waals surface area contributed by atoms with E-state index in [0.29, 0.717) is 11.0 Å². The van der Waals surface area contributed by atoms with Gasteiger partial charge in [0.2, 0.25) is 0 Å². The minimum atomic E-state index is -1.50. The normalized spacial score (nSPS) is 31.6. The van der Waals surface area contributed by atoms with Crippen molar-refractivity contribution in [3.8, 4) is 0 Å². The van der Waals surface area contributed by atoms with Crippen LogP contribution in [-0.2, 0) is 0 Å². The molecule has 78 valence electrons. The molecule has 0 saturated heterocycles. The Morgan fingerprint density at radius 2 is 1.69 bits per heavy atom. The highest BCUT2D eigenvalue weighted by Gasteiger charge is 2.50. The summed E-state index contributed by atoms with van der Waals surface area (Å²) in [6.07, 6.45) is 1.24. The highest BCUT2D eigenvalue weighted by molar-refractivity contribution is 6.81. The zero-order chi connectivity index (χ0) is 10.4. The Labute approximate surface area is 83.6 Å². The van der Waals surface area contributed by atoms with Gasteiger partial charge in [-0.05, 0) is 23.3 Å². The summed E-state index contributed by atoms with van der Waals surface area (Å²) in [4.78, 5) is 0. The van der Waals surface area contributed by atoms with E-state index in [1.54, 1.807) is 0 Å². The molecule has 1 rings (SSSR count). The second kappa shape index (κ2) is 3.09. The van der Waals surface area contributed by atoms with Crippen LogP contribution in [0.15, 0.2) is 0 Å². The zero-order valence-corrected chi connectivity index (χ0v) is 10.9. The van der Waals surface area contributed by atoms with Gasteiger partial charge >= 0.3 is 0 Å². The predicted octanol–water partition coefficient (Wildman–Crippen LogP) is 3.05. The molecule has 3 atom stereocenters. The monoisotopic (exact) mass is 200 g/mol. The smallest absolute Gasteiger partial charge is 0.0868 e. The van der Waals surface area contributed by atoms with E-state index >= 15 is 0 Å². The van der Waals surface area contributed by atoms with Crippen LogP contribution in [0.2, 0.25) is 18.1 Å². The first-order valence-electron chi connectivity index (χ1n) is 5.36. The summed E-state index contributed by atoms with van der Waals surface area (Å²) >= 11 is 0. The van der Waals surface area contributed by atoms with Gasteiger partial charge in [-0.25, -0.2) is 0 Å². The van der Waals surface area contributed by atoms with Gasteiger partial charge in [0.25, 0.3) is 0 Å². The quantitative estimate of drug-likeness (QED) is 0.679. The van der Waals surface area contributed by atoms with Crippen molar-refractivity contribution in [2.24, 2.45) is 11.8 Å². The SMILES string of the molecule is C[C@H]1C[C@H]1[C@H](O)[Si](C)(C)C(C)(C)C. The summed E-state index contributed by atoms with van der Waals surface area (Å²) in [7, 11) is -1.50. The van der Waals surface area contributed by atoms with Gasteiger partial charge in [-0.1, -0.05) is 40.8 Å². The van der Waals surface area contributed by atoms with Gasteiger partial charge in [0.05, 0.1) is 8.07 Å². The molecule has 1 nitrogen and oxygen atoms in total. The lowest BCUT2D eigenvalue weighted by Gasteiger charge is -2.41. The molecule has 0 spiro atoms. The van der Waals surface area contributed by atoms with E-state index in [4.69, 9.17) is 0 Å². The molecule has 0 bridgehead atoms. The molecule has 13 heavy (non-hydrogen) atoms. The molecule has 1 aliphatic rings. The highest BCUT2D eigenvalue weighted by Crippen LogP contribution is 2.48. The molecular formula is C11H24OSi. The Morgan fingerprint density at radius 1 is 1.31 bits per heavy atom. The maximum absolute atomic E-state index is 10.3. The summed E-state index contributed by atoms with van der Waals surface area (Å²) in [6, 6.07) is 0. The fourth-order valence-electron chi connectivity index (χ4n) is 1.77. The van der Waals surface area contributed by atoms with Crippen molar-refractivity contribution < 1.29 is 5.11 Å². The third-order valence-corrected chi connectivity index (χ3v) is 10.0. The van der Waals surface area contributed by atoms with Crippen LogP contribution in [0.1, 0.15) is 34.1 Å². The molecule has 0 aromatic carbocycles. The van der Waals surface area contributed by atoms with Crippen LogP contribution >= 0.6 is 0 Å². The maximum Gasteiger partial charge on any atom is 0.0868 e. The topological polar surface area (TPSA) is 20.2 Å². The molecular weight excluding hydrogens is 176 g/mol. The van der Waals surface area contributed by atoms with Crippen molar-refractivity contribution in [2.45, 2.75) is 58.0 Å². The summed E-state index contributed by atoms with van der Waals surface area (Å²) in [6.45, 7) is 13.7. The van der Waals surface area contributed by atoms with Gasteiger partial charge in [0.15, 0.2) is 0 Å². The van der Waals surface area contributed by atoms with Crippen molar-refractivity contribution >= 4 is 8.07 Å². The number of hydrogen-bond acceptors (Lipinski definition) is 1. The van der Waals surface area contributed by atoms with Crippen molar-refractivity contribution in [3.63, 3.8) is 0 Å². The van der Waals surface area contributed by atoms with Gasteiger partial charge in [0.1, 0.15) is 0 Å². The Kier molecular flexibility index (Phi) is 2.68. The fraction of sp³-hybridized carbons (Fsp3) is 1.00.